The van der Waals surface area contributed by atoms with Crippen LogP contribution < -0.4 is 0 Å². The first-order valence-corrected chi connectivity index (χ1v) is 9.58. The van der Waals surface area contributed by atoms with Crippen LogP contribution in [0, 0.1) is 10.1 Å². The van der Waals surface area contributed by atoms with Gasteiger partial charge in [-0.3, -0.25) is 15.0 Å². The highest BCUT2D eigenvalue weighted by molar-refractivity contribution is 5.67. The van der Waals surface area contributed by atoms with Crippen LogP contribution in [0.2, 0.25) is 0 Å². The molecule has 2 aromatic carbocycles. The minimum Gasteiger partial charge on any atom is -0.302 e. The number of nitro benzene ring substituents is 1. The first-order valence-electron chi connectivity index (χ1n) is 9.58. The summed E-state index contributed by atoms with van der Waals surface area (Å²) in [6.07, 6.45) is 7.55. The van der Waals surface area contributed by atoms with Gasteiger partial charge < -0.3 is 4.90 Å². The molecule has 5 heteroatoms. The van der Waals surface area contributed by atoms with Gasteiger partial charge >= 0.3 is 0 Å². The Morgan fingerprint density at radius 2 is 1.86 bits per heavy atom. The fraction of sp³-hybridized carbons (Fsp3) is 0.304. The smallest absolute Gasteiger partial charge is 0.269 e. The second kappa shape index (κ2) is 9.44. The van der Waals surface area contributed by atoms with Gasteiger partial charge in [-0.1, -0.05) is 42.5 Å². The molecule has 0 radical (unpaired) electrons. The molecule has 0 fully saturated rings. The van der Waals surface area contributed by atoms with Crippen LogP contribution in [0.1, 0.15) is 23.1 Å². The van der Waals surface area contributed by atoms with Crippen molar-refractivity contribution in [3.05, 3.63) is 87.5 Å². The summed E-state index contributed by atoms with van der Waals surface area (Å²) in [4.78, 5) is 14.9. The Labute approximate surface area is 166 Å². The predicted octanol–water partition coefficient (Wildman–Crippen LogP) is 4.46. The first-order chi connectivity index (χ1) is 13.5. The Balaban J connectivity index is 1.51. The molecule has 0 saturated heterocycles. The number of non-ortho nitro benzene ring substituents is 1. The van der Waals surface area contributed by atoms with E-state index in [0.717, 1.165) is 38.2 Å². The normalized spacial score (nSPS) is 15.2. The molecule has 0 unspecified atom stereocenters. The van der Waals surface area contributed by atoms with E-state index in [9.17, 15) is 10.1 Å². The maximum absolute atomic E-state index is 10.7. The topological polar surface area (TPSA) is 49.6 Å². The molecule has 2 aromatic rings. The van der Waals surface area contributed by atoms with E-state index in [1.165, 1.54) is 28.8 Å². The lowest BCUT2D eigenvalue weighted by Crippen LogP contribution is -2.24. The van der Waals surface area contributed by atoms with Crippen LogP contribution in [0.5, 0.6) is 0 Å². The molecule has 0 amide bonds. The lowest BCUT2D eigenvalue weighted by Gasteiger charge is -2.23. The number of nitrogens with zero attached hydrogens (tertiary/aromatic N) is 3. The number of rotatable bonds is 7. The van der Waals surface area contributed by atoms with E-state index < -0.39 is 0 Å². The SMILES string of the molecule is CN1CCC=C(c2ccc(CN(C)C/C=C/c3ccc([N+](=O)[O-])cc3)cc2)C1. The highest BCUT2D eigenvalue weighted by atomic mass is 16.6. The second-order valence-electron chi connectivity index (χ2n) is 7.40. The van der Waals surface area contributed by atoms with Gasteiger partial charge in [0.1, 0.15) is 0 Å². The van der Waals surface area contributed by atoms with Gasteiger partial charge in [0, 0.05) is 38.3 Å². The zero-order valence-electron chi connectivity index (χ0n) is 16.5. The van der Waals surface area contributed by atoms with Crippen molar-refractivity contribution in [2.24, 2.45) is 0 Å². The van der Waals surface area contributed by atoms with Gasteiger partial charge in [0.2, 0.25) is 0 Å². The third kappa shape index (κ3) is 5.62. The number of hydrogen-bond acceptors (Lipinski definition) is 4. The van der Waals surface area contributed by atoms with Crippen molar-refractivity contribution in [3.63, 3.8) is 0 Å². The minimum absolute atomic E-state index is 0.119. The summed E-state index contributed by atoms with van der Waals surface area (Å²) in [5, 5.41) is 10.7. The summed E-state index contributed by atoms with van der Waals surface area (Å²) < 4.78 is 0. The number of hydrogen-bond donors (Lipinski definition) is 0. The Bertz CT molecular complexity index is 854. The van der Waals surface area contributed by atoms with Gasteiger partial charge in [-0.2, -0.15) is 0 Å². The maximum Gasteiger partial charge on any atom is 0.269 e. The number of likely N-dealkylation sites (N-methyl/N-ethyl adjacent to an activating group) is 2. The van der Waals surface area contributed by atoms with Gasteiger partial charge in [-0.25, -0.2) is 0 Å². The summed E-state index contributed by atoms with van der Waals surface area (Å²) in [7, 11) is 4.26. The van der Waals surface area contributed by atoms with Crippen molar-refractivity contribution in [3.8, 4) is 0 Å². The highest BCUT2D eigenvalue weighted by Gasteiger charge is 2.10. The summed E-state index contributed by atoms with van der Waals surface area (Å²) in [5.74, 6) is 0. The molecule has 28 heavy (non-hydrogen) atoms. The number of nitro groups is 1. The Morgan fingerprint density at radius 3 is 2.50 bits per heavy atom. The Morgan fingerprint density at radius 1 is 1.14 bits per heavy atom. The van der Waals surface area contributed by atoms with Crippen molar-refractivity contribution in [2.45, 2.75) is 13.0 Å². The van der Waals surface area contributed by atoms with Crippen LogP contribution in [0.4, 0.5) is 5.69 Å². The summed E-state index contributed by atoms with van der Waals surface area (Å²) in [5.41, 5.74) is 5.11. The van der Waals surface area contributed by atoms with E-state index in [1.807, 2.05) is 6.08 Å². The van der Waals surface area contributed by atoms with Gasteiger partial charge in [0.25, 0.3) is 5.69 Å². The van der Waals surface area contributed by atoms with E-state index in [-0.39, 0.29) is 10.6 Å². The summed E-state index contributed by atoms with van der Waals surface area (Å²) in [6.45, 7) is 3.85. The van der Waals surface area contributed by atoms with E-state index in [2.05, 4.69) is 60.3 Å². The Hall–Kier alpha value is -2.76. The molecule has 0 N–H and O–H groups in total. The van der Waals surface area contributed by atoms with Crippen molar-refractivity contribution < 1.29 is 4.92 Å². The van der Waals surface area contributed by atoms with Crippen molar-refractivity contribution in [1.29, 1.82) is 0 Å². The zero-order valence-corrected chi connectivity index (χ0v) is 16.5. The molecule has 3 rings (SSSR count). The van der Waals surface area contributed by atoms with Gasteiger partial charge in [0.15, 0.2) is 0 Å². The molecule has 0 atom stereocenters. The zero-order chi connectivity index (χ0) is 19.9. The standard InChI is InChI=1S/C23H27N3O2/c1-24(15-3-5-19-9-13-23(14-10-19)26(27)28)17-20-7-11-21(12-8-20)22-6-4-16-25(2)18-22/h3,5-14H,4,15-18H2,1-2H3/b5-3+. The third-order valence-corrected chi connectivity index (χ3v) is 4.95. The molecular weight excluding hydrogens is 350 g/mol. The number of benzene rings is 2. The van der Waals surface area contributed by atoms with Crippen LogP contribution in [-0.4, -0.2) is 48.5 Å². The van der Waals surface area contributed by atoms with Crippen LogP contribution in [-0.2, 0) is 6.54 Å². The molecule has 146 valence electrons. The average molecular weight is 377 g/mol. The van der Waals surface area contributed by atoms with Crippen molar-refractivity contribution in [1.82, 2.24) is 9.80 Å². The van der Waals surface area contributed by atoms with Crippen LogP contribution >= 0.6 is 0 Å². The van der Waals surface area contributed by atoms with Crippen LogP contribution in [0.15, 0.2) is 60.7 Å². The molecule has 0 aliphatic carbocycles. The third-order valence-electron chi connectivity index (χ3n) is 4.95. The highest BCUT2D eigenvalue weighted by Crippen LogP contribution is 2.20. The van der Waals surface area contributed by atoms with Crippen LogP contribution in [0.25, 0.3) is 11.6 Å². The molecular formula is C23H27N3O2. The minimum atomic E-state index is -0.379. The molecule has 0 bridgehead atoms. The summed E-state index contributed by atoms with van der Waals surface area (Å²) in [6, 6.07) is 15.5. The summed E-state index contributed by atoms with van der Waals surface area (Å²) >= 11 is 0. The molecule has 0 saturated carbocycles. The van der Waals surface area contributed by atoms with Gasteiger partial charge in [-0.15, -0.1) is 0 Å². The van der Waals surface area contributed by atoms with Crippen molar-refractivity contribution in [2.75, 3.05) is 33.7 Å². The molecule has 0 aromatic heterocycles. The van der Waals surface area contributed by atoms with Gasteiger partial charge in [0.05, 0.1) is 4.92 Å². The largest absolute Gasteiger partial charge is 0.302 e. The van der Waals surface area contributed by atoms with E-state index >= 15 is 0 Å². The maximum atomic E-state index is 10.7. The van der Waals surface area contributed by atoms with Crippen LogP contribution in [0.3, 0.4) is 0 Å². The fourth-order valence-corrected chi connectivity index (χ4v) is 3.38. The van der Waals surface area contributed by atoms with Crippen molar-refractivity contribution >= 4 is 17.3 Å². The molecule has 5 nitrogen and oxygen atoms in total. The average Bonchev–Trinajstić information content (AvgIpc) is 2.69. The second-order valence-corrected chi connectivity index (χ2v) is 7.40. The fourth-order valence-electron chi connectivity index (χ4n) is 3.38. The van der Waals surface area contributed by atoms with Gasteiger partial charge in [-0.05, 0) is 54.9 Å². The molecule has 0 spiro atoms. The monoisotopic (exact) mass is 377 g/mol. The van der Waals surface area contributed by atoms with E-state index in [0.29, 0.717) is 0 Å². The Kier molecular flexibility index (Phi) is 6.74. The molecule has 1 aliphatic rings. The lowest BCUT2D eigenvalue weighted by molar-refractivity contribution is -0.384. The van der Waals surface area contributed by atoms with E-state index in [1.54, 1.807) is 12.1 Å². The molecule has 1 heterocycles. The lowest BCUT2D eigenvalue weighted by atomic mass is 10.00. The van der Waals surface area contributed by atoms with E-state index in [4.69, 9.17) is 0 Å². The first kappa shape index (κ1) is 20.0. The molecule has 1 aliphatic heterocycles. The quantitative estimate of drug-likeness (QED) is 0.528. The predicted molar refractivity (Wildman–Crippen MR) is 115 cm³/mol.